The third kappa shape index (κ3) is 5.42. The van der Waals surface area contributed by atoms with E-state index >= 15 is 0 Å². The SMILES string of the molecule is C=CCOc1c(Cl)cc(C=C2SC(=S)N(c3ccc(OCC)cc3)C2=O)cc1OCC. The molecule has 5 nitrogen and oxygen atoms in total. The maximum absolute atomic E-state index is 13.1. The van der Waals surface area contributed by atoms with E-state index in [1.807, 2.05) is 38.1 Å². The number of nitrogens with zero attached hydrogens (tertiary/aromatic N) is 1. The van der Waals surface area contributed by atoms with Crippen LogP contribution in [-0.4, -0.2) is 30.0 Å². The van der Waals surface area contributed by atoms with Crippen LogP contribution in [0.2, 0.25) is 5.02 Å². The highest BCUT2D eigenvalue weighted by molar-refractivity contribution is 8.27. The number of amides is 1. The minimum Gasteiger partial charge on any atom is -0.494 e. The summed E-state index contributed by atoms with van der Waals surface area (Å²) in [6.45, 7) is 8.77. The summed E-state index contributed by atoms with van der Waals surface area (Å²) in [6.07, 6.45) is 3.38. The van der Waals surface area contributed by atoms with Gasteiger partial charge in [-0.15, -0.1) is 0 Å². The van der Waals surface area contributed by atoms with Gasteiger partial charge in [-0.2, -0.15) is 0 Å². The van der Waals surface area contributed by atoms with Crippen molar-refractivity contribution in [2.45, 2.75) is 13.8 Å². The highest BCUT2D eigenvalue weighted by atomic mass is 35.5. The Balaban J connectivity index is 1.89. The predicted molar refractivity (Wildman–Crippen MR) is 132 cm³/mol. The van der Waals surface area contributed by atoms with Crippen LogP contribution in [0.4, 0.5) is 5.69 Å². The van der Waals surface area contributed by atoms with Gasteiger partial charge in [0.05, 0.1) is 28.8 Å². The number of benzene rings is 2. The molecule has 31 heavy (non-hydrogen) atoms. The largest absolute Gasteiger partial charge is 0.494 e. The van der Waals surface area contributed by atoms with Crippen molar-refractivity contribution in [3.63, 3.8) is 0 Å². The Kier molecular flexibility index (Phi) is 8.01. The van der Waals surface area contributed by atoms with E-state index in [9.17, 15) is 4.79 Å². The normalized spacial score (nSPS) is 14.8. The van der Waals surface area contributed by atoms with E-state index in [0.717, 1.165) is 5.75 Å². The second-order valence-corrected chi connectivity index (χ2v) is 8.39. The molecule has 1 aliphatic rings. The zero-order valence-electron chi connectivity index (χ0n) is 17.2. The molecule has 0 unspecified atom stereocenters. The quantitative estimate of drug-likeness (QED) is 0.248. The molecular formula is C23H22ClNO4S2. The molecule has 2 aromatic rings. The van der Waals surface area contributed by atoms with E-state index in [0.29, 0.717) is 56.8 Å². The molecule has 0 bridgehead atoms. The van der Waals surface area contributed by atoms with E-state index in [1.54, 1.807) is 24.3 Å². The average Bonchev–Trinajstić information content (AvgIpc) is 3.01. The zero-order valence-corrected chi connectivity index (χ0v) is 19.6. The van der Waals surface area contributed by atoms with Crippen LogP contribution in [0.3, 0.4) is 0 Å². The topological polar surface area (TPSA) is 48.0 Å². The molecule has 162 valence electrons. The summed E-state index contributed by atoms with van der Waals surface area (Å²) in [7, 11) is 0. The maximum Gasteiger partial charge on any atom is 0.270 e. The van der Waals surface area contributed by atoms with Crippen molar-refractivity contribution in [1.82, 2.24) is 0 Å². The van der Waals surface area contributed by atoms with Gasteiger partial charge in [-0.1, -0.05) is 48.2 Å². The molecule has 3 rings (SSSR count). The zero-order chi connectivity index (χ0) is 22.4. The molecule has 0 atom stereocenters. The van der Waals surface area contributed by atoms with Crippen LogP contribution in [0.5, 0.6) is 17.2 Å². The first-order valence-electron chi connectivity index (χ1n) is 9.69. The molecule has 1 saturated heterocycles. The Morgan fingerprint density at radius 3 is 2.48 bits per heavy atom. The Morgan fingerprint density at radius 1 is 1.13 bits per heavy atom. The van der Waals surface area contributed by atoms with Crippen LogP contribution in [0.1, 0.15) is 19.4 Å². The van der Waals surface area contributed by atoms with Crippen molar-refractivity contribution < 1.29 is 19.0 Å². The fraction of sp³-hybridized carbons (Fsp3) is 0.217. The summed E-state index contributed by atoms with van der Waals surface area (Å²) >= 11 is 13.1. The molecule has 1 amide bonds. The first kappa shape index (κ1) is 23.2. The second kappa shape index (κ2) is 10.7. The summed E-state index contributed by atoms with van der Waals surface area (Å²) in [5.41, 5.74) is 1.40. The molecule has 0 spiro atoms. The van der Waals surface area contributed by atoms with Gasteiger partial charge in [0.25, 0.3) is 5.91 Å². The van der Waals surface area contributed by atoms with Crippen molar-refractivity contribution in [1.29, 1.82) is 0 Å². The summed E-state index contributed by atoms with van der Waals surface area (Å²) < 4.78 is 17.2. The summed E-state index contributed by atoms with van der Waals surface area (Å²) in [5.74, 6) is 1.50. The van der Waals surface area contributed by atoms with Crippen molar-refractivity contribution >= 4 is 57.6 Å². The summed E-state index contributed by atoms with van der Waals surface area (Å²) in [4.78, 5) is 15.1. The lowest BCUT2D eigenvalue weighted by atomic mass is 10.1. The number of carbonyl (C=O) groups is 1. The van der Waals surface area contributed by atoms with Gasteiger partial charge in [0.15, 0.2) is 15.8 Å². The number of rotatable bonds is 9. The van der Waals surface area contributed by atoms with E-state index < -0.39 is 0 Å². The summed E-state index contributed by atoms with van der Waals surface area (Å²) in [6, 6.07) is 10.8. The minimum atomic E-state index is -0.194. The lowest BCUT2D eigenvalue weighted by Crippen LogP contribution is -2.27. The van der Waals surface area contributed by atoms with Gasteiger partial charge in [-0.25, -0.2) is 0 Å². The highest BCUT2D eigenvalue weighted by Crippen LogP contribution is 2.40. The van der Waals surface area contributed by atoms with Crippen molar-refractivity contribution in [3.05, 3.63) is 64.5 Å². The first-order chi connectivity index (χ1) is 15.0. The molecule has 0 radical (unpaired) electrons. The molecular weight excluding hydrogens is 454 g/mol. The number of halogens is 1. The average molecular weight is 476 g/mol. The monoisotopic (exact) mass is 475 g/mol. The Hall–Kier alpha value is -2.48. The summed E-state index contributed by atoms with van der Waals surface area (Å²) in [5, 5.41) is 0.390. The van der Waals surface area contributed by atoms with Gasteiger partial charge in [0.1, 0.15) is 12.4 Å². The number of hydrogen-bond acceptors (Lipinski definition) is 6. The second-order valence-electron chi connectivity index (χ2n) is 6.31. The molecule has 0 aliphatic carbocycles. The van der Waals surface area contributed by atoms with Crippen LogP contribution >= 0.6 is 35.6 Å². The maximum atomic E-state index is 13.1. The number of ether oxygens (including phenoxy) is 3. The number of thioether (sulfide) groups is 1. The molecule has 1 fully saturated rings. The van der Waals surface area contributed by atoms with Gasteiger partial charge in [0, 0.05) is 0 Å². The Morgan fingerprint density at radius 2 is 1.84 bits per heavy atom. The fourth-order valence-corrected chi connectivity index (χ4v) is 4.49. The Labute approximate surface area is 196 Å². The van der Waals surface area contributed by atoms with Gasteiger partial charge in [0.2, 0.25) is 0 Å². The highest BCUT2D eigenvalue weighted by Gasteiger charge is 2.33. The third-order valence-corrected chi connectivity index (χ3v) is 5.76. The van der Waals surface area contributed by atoms with Gasteiger partial charge in [-0.3, -0.25) is 9.69 Å². The smallest absolute Gasteiger partial charge is 0.270 e. The van der Waals surface area contributed by atoms with Crippen LogP contribution in [0, 0.1) is 0 Å². The lowest BCUT2D eigenvalue weighted by Gasteiger charge is -2.15. The molecule has 1 heterocycles. The number of carbonyl (C=O) groups excluding carboxylic acids is 1. The van der Waals surface area contributed by atoms with Crippen molar-refractivity contribution in [2.24, 2.45) is 0 Å². The molecule has 0 saturated carbocycles. The lowest BCUT2D eigenvalue weighted by molar-refractivity contribution is -0.113. The predicted octanol–water partition coefficient (Wildman–Crippen LogP) is 6.11. The Bertz CT molecular complexity index is 1020. The van der Waals surface area contributed by atoms with Gasteiger partial charge < -0.3 is 14.2 Å². The third-order valence-electron chi connectivity index (χ3n) is 4.17. The van der Waals surface area contributed by atoms with Gasteiger partial charge in [-0.05, 0) is 61.9 Å². The fourth-order valence-electron chi connectivity index (χ4n) is 2.92. The van der Waals surface area contributed by atoms with Crippen molar-refractivity contribution in [2.75, 3.05) is 24.7 Å². The molecule has 0 aromatic heterocycles. The van der Waals surface area contributed by atoms with Crippen molar-refractivity contribution in [3.8, 4) is 17.2 Å². The first-order valence-corrected chi connectivity index (χ1v) is 11.3. The molecule has 0 N–H and O–H groups in total. The van der Waals surface area contributed by atoms with E-state index in [1.165, 1.54) is 16.7 Å². The van der Waals surface area contributed by atoms with Gasteiger partial charge >= 0.3 is 0 Å². The van der Waals surface area contributed by atoms with Crippen LogP contribution in [0.25, 0.3) is 6.08 Å². The van der Waals surface area contributed by atoms with Crippen LogP contribution < -0.4 is 19.1 Å². The number of hydrogen-bond donors (Lipinski definition) is 0. The van der Waals surface area contributed by atoms with E-state index in [2.05, 4.69) is 6.58 Å². The molecule has 1 aliphatic heterocycles. The number of thiocarbonyl (C=S) groups is 1. The van der Waals surface area contributed by atoms with Crippen LogP contribution in [-0.2, 0) is 4.79 Å². The number of anilines is 1. The van der Waals surface area contributed by atoms with E-state index in [-0.39, 0.29) is 5.91 Å². The van der Waals surface area contributed by atoms with E-state index in [4.69, 9.17) is 38.0 Å². The molecule has 8 heteroatoms. The standard InChI is InChI=1S/C23H22ClNO4S2/c1-4-11-29-21-18(24)12-15(13-19(21)28-6-3)14-20-22(26)25(23(30)31-20)16-7-9-17(10-8-16)27-5-2/h4,7-10,12-14H,1,5-6,11H2,2-3H3. The molecule has 2 aromatic carbocycles. The minimum absolute atomic E-state index is 0.194. The van der Waals surface area contributed by atoms with Crippen LogP contribution in [0.15, 0.2) is 54.0 Å².